The lowest BCUT2D eigenvalue weighted by atomic mass is 9.92. The van der Waals surface area contributed by atoms with Crippen LogP contribution in [0.5, 0.6) is 0 Å². The van der Waals surface area contributed by atoms with E-state index in [-0.39, 0.29) is 0 Å². The van der Waals surface area contributed by atoms with Crippen molar-refractivity contribution < 1.29 is 9.90 Å². The first-order chi connectivity index (χ1) is 15.9. The first-order valence-corrected chi connectivity index (χ1v) is 12.2. The molecule has 1 fully saturated rings. The molecular formula is C28H37N3O2. The zero-order valence-corrected chi connectivity index (χ0v) is 20.2. The summed E-state index contributed by atoms with van der Waals surface area (Å²) >= 11 is 0. The third kappa shape index (κ3) is 5.48. The summed E-state index contributed by atoms with van der Waals surface area (Å²) in [5.74, 6) is 0.686. The van der Waals surface area contributed by atoms with Gasteiger partial charge < -0.3 is 19.9 Å². The zero-order chi connectivity index (χ0) is 23.4. The van der Waals surface area contributed by atoms with Crippen LogP contribution in [0.4, 0.5) is 0 Å². The fraction of sp³-hybridized carbons (Fsp3) is 0.464. The van der Waals surface area contributed by atoms with Gasteiger partial charge in [-0.2, -0.15) is 0 Å². The highest BCUT2D eigenvalue weighted by molar-refractivity contribution is 5.98. The molecule has 2 aromatic carbocycles. The topological polar surface area (TPSA) is 57.5 Å². The van der Waals surface area contributed by atoms with Gasteiger partial charge in [0.1, 0.15) is 5.69 Å². The van der Waals surface area contributed by atoms with Crippen LogP contribution in [0.15, 0.2) is 48.5 Å². The lowest BCUT2D eigenvalue weighted by Crippen LogP contribution is -2.39. The number of aromatic nitrogens is 1. The maximum Gasteiger partial charge on any atom is 0.352 e. The van der Waals surface area contributed by atoms with Gasteiger partial charge in [0.05, 0.1) is 0 Å². The smallest absolute Gasteiger partial charge is 0.352 e. The standard InChI is InChI=1S/C28H37N3O2/c1-20-15-21(2)18-30(17-20)14-8-13-29-16-25-24-11-6-7-12-26(24)31(27(25)28(32)33)19-23-10-5-4-9-22(23)3/h4-7,9-12,20-21,29H,8,13-19H2,1-3H3,(H,32,33). The molecule has 1 aliphatic heterocycles. The Morgan fingerprint density at radius 2 is 1.76 bits per heavy atom. The maximum atomic E-state index is 12.4. The minimum atomic E-state index is -0.868. The van der Waals surface area contributed by atoms with Crippen LogP contribution < -0.4 is 5.32 Å². The van der Waals surface area contributed by atoms with Crippen LogP contribution in [0.1, 0.15) is 53.9 Å². The Labute approximate surface area is 197 Å². The van der Waals surface area contributed by atoms with Crippen molar-refractivity contribution in [2.45, 2.75) is 46.7 Å². The molecule has 2 heterocycles. The van der Waals surface area contributed by atoms with Crippen LogP contribution in [0.25, 0.3) is 10.9 Å². The molecule has 0 amide bonds. The zero-order valence-electron chi connectivity index (χ0n) is 20.2. The Morgan fingerprint density at radius 3 is 2.48 bits per heavy atom. The summed E-state index contributed by atoms with van der Waals surface area (Å²) < 4.78 is 1.97. The predicted octanol–water partition coefficient (Wildman–Crippen LogP) is 5.15. The SMILES string of the molecule is Cc1ccccc1Cn1c(C(=O)O)c(CNCCCN2CC(C)CC(C)C2)c2ccccc21. The second-order valence-corrected chi connectivity index (χ2v) is 9.90. The molecule has 5 heteroatoms. The molecule has 176 valence electrons. The minimum Gasteiger partial charge on any atom is -0.477 e. The van der Waals surface area contributed by atoms with Gasteiger partial charge in [-0.15, -0.1) is 0 Å². The number of aromatic carboxylic acids is 1. The number of nitrogens with one attached hydrogen (secondary N) is 1. The van der Waals surface area contributed by atoms with E-state index in [1.807, 2.05) is 41.0 Å². The number of hydrogen-bond acceptors (Lipinski definition) is 3. The largest absolute Gasteiger partial charge is 0.477 e. The maximum absolute atomic E-state index is 12.4. The molecular weight excluding hydrogens is 410 g/mol. The van der Waals surface area contributed by atoms with Crippen LogP contribution in [0.2, 0.25) is 0 Å². The first kappa shape index (κ1) is 23.5. The number of para-hydroxylation sites is 1. The summed E-state index contributed by atoms with van der Waals surface area (Å²) in [6, 6.07) is 16.2. The molecule has 0 saturated carbocycles. The fourth-order valence-corrected chi connectivity index (χ4v) is 5.54. The number of likely N-dealkylation sites (tertiary alicyclic amines) is 1. The van der Waals surface area contributed by atoms with E-state index >= 15 is 0 Å². The molecule has 1 saturated heterocycles. The van der Waals surface area contributed by atoms with Crippen molar-refractivity contribution in [2.75, 3.05) is 26.2 Å². The van der Waals surface area contributed by atoms with Gasteiger partial charge >= 0.3 is 5.97 Å². The van der Waals surface area contributed by atoms with E-state index in [9.17, 15) is 9.90 Å². The average molecular weight is 448 g/mol. The summed E-state index contributed by atoms with van der Waals surface area (Å²) in [5.41, 5.74) is 4.57. The van der Waals surface area contributed by atoms with Gasteiger partial charge in [-0.25, -0.2) is 4.79 Å². The van der Waals surface area contributed by atoms with E-state index in [1.54, 1.807) is 0 Å². The van der Waals surface area contributed by atoms with Gasteiger partial charge in [0.2, 0.25) is 0 Å². The van der Waals surface area contributed by atoms with Crippen molar-refractivity contribution in [3.8, 4) is 0 Å². The van der Waals surface area contributed by atoms with Crippen LogP contribution in [-0.4, -0.2) is 46.7 Å². The molecule has 2 N–H and O–H groups in total. The monoisotopic (exact) mass is 447 g/mol. The molecule has 0 spiro atoms. The van der Waals surface area contributed by atoms with Crippen LogP contribution >= 0.6 is 0 Å². The number of benzene rings is 2. The van der Waals surface area contributed by atoms with Gasteiger partial charge in [-0.1, -0.05) is 56.3 Å². The molecule has 3 aromatic rings. The molecule has 1 aromatic heterocycles. The Morgan fingerprint density at radius 1 is 1.06 bits per heavy atom. The third-order valence-corrected chi connectivity index (χ3v) is 6.94. The number of fused-ring (bicyclic) bond motifs is 1. The van der Waals surface area contributed by atoms with Gasteiger partial charge in [-0.3, -0.25) is 0 Å². The molecule has 0 aliphatic carbocycles. The Hall–Kier alpha value is -2.63. The lowest BCUT2D eigenvalue weighted by Gasteiger charge is -2.34. The first-order valence-electron chi connectivity index (χ1n) is 12.2. The lowest BCUT2D eigenvalue weighted by molar-refractivity contribution is 0.0684. The Balaban J connectivity index is 1.48. The highest BCUT2D eigenvalue weighted by Crippen LogP contribution is 2.28. The third-order valence-electron chi connectivity index (χ3n) is 6.94. The summed E-state index contributed by atoms with van der Waals surface area (Å²) in [4.78, 5) is 15.0. The number of hydrogen-bond donors (Lipinski definition) is 2. The number of carboxylic acid groups (broad SMARTS) is 1. The summed E-state index contributed by atoms with van der Waals surface area (Å²) in [6.45, 7) is 12.3. The molecule has 2 atom stereocenters. The highest BCUT2D eigenvalue weighted by atomic mass is 16.4. The summed E-state index contributed by atoms with van der Waals surface area (Å²) in [7, 11) is 0. The predicted molar refractivity (Wildman–Crippen MR) is 135 cm³/mol. The fourth-order valence-electron chi connectivity index (χ4n) is 5.54. The molecule has 2 unspecified atom stereocenters. The van der Waals surface area contributed by atoms with Gasteiger partial charge in [0.25, 0.3) is 0 Å². The van der Waals surface area contributed by atoms with Crippen molar-refractivity contribution in [1.29, 1.82) is 0 Å². The van der Waals surface area contributed by atoms with Gasteiger partial charge in [0.15, 0.2) is 0 Å². The summed E-state index contributed by atoms with van der Waals surface area (Å²) in [6.07, 6.45) is 2.41. The second kappa shape index (κ2) is 10.5. The number of rotatable bonds is 9. The second-order valence-electron chi connectivity index (χ2n) is 9.90. The van der Waals surface area contributed by atoms with Crippen LogP contribution in [0.3, 0.4) is 0 Å². The average Bonchev–Trinajstić information content (AvgIpc) is 3.08. The molecule has 33 heavy (non-hydrogen) atoms. The Kier molecular flexibility index (Phi) is 7.51. The normalized spacial score (nSPS) is 19.2. The summed E-state index contributed by atoms with van der Waals surface area (Å²) in [5, 5.41) is 14.7. The number of nitrogens with zero attached hydrogens (tertiary/aromatic N) is 2. The van der Waals surface area contributed by atoms with E-state index in [0.717, 1.165) is 53.4 Å². The Bertz CT molecular complexity index is 1090. The van der Waals surface area contributed by atoms with E-state index in [2.05, 4.69) is 43.1 Å². The van der Waals surface area contributed by atoms with Gasteiger partial charge in [-0.05, 0) is 61.9 Å². The van der Waals surface area contributed by atoms with E-state index in [0.29, 0.717) is 18.8 Å². The molecule has 4 rings (SSSR count). The molecule has 0 bridgehead atoms. The van der Waals surface area contributed by atoms with E-state index in [4.69, 9.17) is 0 Å². The highest BCUT2D eigenvalue weighted by Gasteiger charge is 2.23. The molecule has 5 nitrogen and oxygen atoms in total. The van der Waals surface area contributed by atoms with Crippen LogP contribution in [0, 0.1) is 18.8 Å². The molecule has 1 aliphatic rings. The van der Waals surface area contributed by atoms with Crippen molar-refractivity contribution in [3.63, 3.8) is 0 Å². The number of piperidine rings is 1. The van der Waals surface area contributed by atoms with Crippen molar-refractivity contribution >= 4 is 16.9 Å². The van der Waals surface area contributed by atoms with Crippen molar-refractivity contribution in [2.24, 2.45) is 11.8 Å². The molecule has 0 radical (unpaired) electrons. The van der Waals surface area contributed by atoms with Crippen molar-refractivity contribution in [3.05, 3.63) is 70.9 Å². The number of carboxylic acids is 1. The van der Waals surface area contributed by atoms with Crippen LogP contribution in [-0.2, 0) is 13.1 Å². The number of carbonyl (C=O) groups is 1. The van der Waals surface area contributed by atoms with Crippen molar-refractivity contribution in [1.82, 2.24) is 14.8 Å². The number of aryl methyl sites for hydroxylation is 1. The van der Waals surface area contributed by atoms with Gasteiger partial charge in [0, 0.05) is 42.6 Å². The quantitative estimate of drug-likeness (QED) is 0.445. The minimum absolute atomic E-state index is 0.394. The van der Waals surface area contributed by atoms with E-state index in [1.165, 1.54) is 25.1 Å². The van der Waals surface area contributed by atoms with E-state index < -0.39 is 5.97 Å².